The average molecular weight is 253 g/mol. The van der Waals surface area contributed by atoms with Gasteiger partial charge in [0, 0.05) is 12.2 Å². The molecule has 4 heteroatoms. The summed E-state index contributed by atoms with van der Waals surface area (Å²) in [4.78, 5) is 4.33. The third kappa shape index (κ3) is 3.54. The molecular weight excluding hydrogens is 238 g/mol. The van der Waals surface area contributed by atoms with Gasteiger partial charge in [-0.05, 0) is 30.2 Å². The number of hydrogen-bond acceptors (Lipinski definition) is 4. The molecule has 96 valence electrons. The van der Waals surface area contributed by atoms with Crippen molar-refractivity contribution in [3.8, 4) is 6.07 Å². The molecule has 0 spiro atoms. The van der Waals surface area contributed by atoms with E-state index in [9.17, 15) is 0 Å². The summed E-state index contributed by atoms with van der Waals surface area (Å²) >= 11 is 0. The van der Waals surface area contributed by atoms with Crippen molar-refractivity contribution in [2.45, 2.75) is 20.1 Å². The number of aliphatic hydroxyl groups is 1. The van der Waals surface area contributed by atoms with E-state index < -0.39 is 0 Å². The van der Waals surface area contributed by atoms with E-state index in [1.165, 1.54) is 0 Å². The van der Waals surface area contributed by atoms with Crippen molar-refractivity contribution in [1.29, 1.82) is 5.26 Å². The van der Waals surface area contributed by atoms with E-state index in [1.54, 1.807) is 12.1 Å². The lowest BCUT2D eigenvalue weighted by molar-refractivity contribution is 0.282. The zero-order valence-corrected chi connectivity index (χ0v) is 10.7. The fraction of sp³-hybridized carbons (Fsp3) is 0.200. The van der Waals surface area contributed by atoms with Gasteiger partial charge in [-0.3, -0.25) is 0 Å². The SMILES string of the molecule is Cc1cc(C#N)cc(NCc2ccc(CO)cc2)n1. The molecule has 2 rings (SSSR count). The summed E-state index contributed by atoms with van der Waals surface area (Å²) < 4.78 is 0. The minimum absolute atomic E-state index is 0.0542. The van der Waals surface area contributed by atoms with Crippen LogP contribution in [0.4, 0.5) is 5.82 Å². The van der Waals surface area contributed by atoms with E-state index in [2.05, 4.69) is 16.4 Å². The van der Waals surface area contributed by atoms with Crippen LogP contribution in [0.5, 0.6) is 0 Å². The lowest BCUT2D eigenvalue weighted by atomic mass is 10.1. The van der Waals surface area contributed by atoms with Crippen LogP contribution in [0.1, 0.15) is 22.4 Å². The highest BCUT2D eigenvalue weighted by Crippen LogP contribution is 2.11. The van der Waals surface area contributed by atoms with Gasteiger partial charge in [-0.2, -0.15) is 5.26 Å². The first-order valence-corrected chi connectivity index (χ1v) is 6.02. The number of nitriles is 1. The predicted octanol–water partition coefficient (Wildman–Crippen LogP) is 2.37. The second-order valence-electron chi connectivity index (χ2n) is 4.32. The summed E-state index contributed by atoms with van der Waals surface area (Å²) in [5.74, 6) is 0.697. The van der Waals surface area contributed by atoms with Gasteiger partial charge in [0.1, 0.15) is 5.82 Å². The number of nitrogens with one attached hydrogen (secondary N) is 1. The first-order valence-electron chi connectivity index (χ1n) is 6.02. The summed E-state index contributed by atoms with van der Waals surface area (Å²) in [6.07, 6.45) is 0. The van der Waals surface area contributed by atoms with E-state index in [0.717, 1.165) is 16.8 Å². The third-order valence-electron chi connectivity index (χ3n) is 2.76. The number of anilines is 1. The van der Waals surface area contributed by atoms with Crippen molar-refractivity contribution in [2.24, 2.45) is 0 Å². The van der Waals surface area contributed by atoms with Crippen molar-refractivity contribution < 1.29 is 5.11 Å². The Bertz CT molecular complexity index is 600. The molecule has 0 aliphatic heterocycles. The molecule has 0 saturated heterocycles. The molecule has 0 aliphatic rings. The molecular formula is C15H15N3O. The Hall–Kier alpha value is -2.38. The van der Waals surface area contributed by atoms with Gasteiger partial charge in [-0.25, -0.2) is 4.98 Å². The average Bonchev–Trinajstić information content (AvgIpc) is 2.45. The molecule has 0 saturated carbocycles. The van der Waals surface area contributed by atoms with Crippen LogP contribution < -0.4 is 5.32 Å². The molecule has 0 amide bonds. The van der Waals surface area contributed by atoms with Crippen LogP contribution in [0, 0.1) is 18.3 Å². The Labute approximate surface area is 112 Å². The van der Waals surface area contributed by atoms with Gasteiger partial charge in [0.15, 0.2) is 0 Å². The van der Waals surface area contributed by atoms with E-state index >= 15 is 0 Å². The van der Waals surface area contributed by atoms with Crippen LogP contribution in [0.25, 0.3) is 0 Å². The standard InChI is InChI=1S/C15H15N3O/c1-11-6-14(8-16)7-15(18-11)17-9-12-2-4-13(10-19)5-3-12/h2-7,19H,9-10H2,1H3,(H,17,18). The van der Waals surface area contributed by atoms with E-state index in [1.807, 2.05) is 31.2 Å². The van der Waals surface area contributed by atoms with Crippen LogP contribution in [0.2, 0.25) is 0 Å². The predicted molar refractivity (Wildman–Crippen MR) is 73.4 cm³/mol. The van der Waals surface area contributed by atoms with Crippen molar-refractivity contribution >= 4 is 5.82 Å². The highest BCUT2D eigenvalue weighted by Gasteiger charge is 2.00. The normalized spacial score (nSPS) is 9.95. The quantitative estimate of drug-likeness (QED) is 0.877. The third-order valence-corrected chi connectivity index (χ3v) is 2.76. The zero-order valence-electron chi connectivity index (χ0n) is 10.7. The van der Waals surface area contributed by atoms with Crippen LogP contribution in [-0.4, -0.2) is 10.1 Å². The van der Waals surface area contributed by atoms with Gasteiger partial charge < -0.3 is 10.4 Å². The minimum atomic E-state index is 0.0542. The molecule has 1 aromatic heterocycles. The van der Waals surface area contributed by atoms with Crippen LogP contribution >= 0.6 is 0 Å². The second kappa shape index (κ2) is 5.98. The lowest BCUT2D eigenvalue weighted by Gasteiger charge is -2.07. The summed E-state index contributed by atoms with van der Waals surface area (Å²) in [6.45, 7) is 2.55. The van der Waals surface area contributed by atoms with Gasteiger partial charge in [-0.15, -0.1) is 0 Å². The number of aryl methyl sites for hydroxylation is 1. The van der Waals surface area contributed by atoms with Crippen molar-refractivity contribution in [1.82, 2.24) is 4.98 Å². The van der Waals surface area contributed by atoms with Crippen LogP contribution in [0.3, 0.4) is 0 Å². The van der Waals surface area contributed by atoms with Crippen molar-refractivity contribution in [3.05, 3.63) is 58.8 Å². The Morgan fingerprint density at radius 1 is 1.21 bits per heavy atom. The molecule has 0 unspecified atom stereocenters. The maximum absolute atomic E-state index is 8.97. The number of nitrogens with zero attached hydrogens (tertiary/aromatic N) is 2. The summed E-state index contributed by atoms with van der Waals surface area (Å²) in [6, 6.07) is 13.3. The number of pyridine rings is 1. The maximum Gasteiger partial charge on any atom is 0.127 e. The fourth-order valence-corrected chi connectivity index (χ4v) is 1.78. The lowest BCUT2D eigenvalue weighted by Crippen LogP contribution is -2.02. The molecule has 1 aromatic carbocycles. The Balaban J connectivity index is 2.05. The first-order chi connectivity index (χ1) is 9.21. The second-order valence-corrected chi connectivity index (χ2v) is 4.32. The van der Waals surface area contributed by atoms with Gasteiger partial charge >= 0.3 is 0 Å². The van der Waals surface area contributed by atoms with Gasteiger partial charge in [0.05, 0.1) is 18.2 Å². The molecule has 1 heterocycles. The number of hydrogen-bond donors (Lipinski definition) is 2. The summed E-state index contributed by atoms with van der Waals surface area (Å²) in [7, 11) is 0. The van der Waals surface area contributed by atoms with Gasteiger partial charge in [0.25, 0.3) is 0 Å². The highest BCUT2D eigenvalue weighted by molar-refractivity contribution is 5.44. The molecule has 0 bridgehead atoms. The summed E-state index contributed by atoms with van der Waals surface area (Å²) in [5.41, 5.74) is 3.41. The molecule has 0 fully saturated rings. The van der Waals surface area contributed by atoms with E-state index in [0.29, 0.717) is 17.9 Å². The molecule has 19 heavy (non-hydrogen) atoms. The summed E-state index contributed by atoms with van der Waals surface area (Å²) in [5, 5.41) is 21.1. The number of aliphatic hydroxyl groups excluding tert-OH is 1. The fourth-order valence-electron chi connectivity index (χ4n) is 1.78. The Morgan fingerprint density at radius 3 is 2.53 bits per heavy atom. The van der Waals surface area contributed by atoms with Gasteiger partial charge in [-0.1, -0.05) is 24.3 Å². The number of rotatable bonds is 4. The molecule has 2 aromatic rings. The minimum Gasteiger partial charge on any atom is -0.392 e. The largest absolute Gasteiger partial charge is 0.392 e. The van der Waals surface area contributed by atoms with Crippen molar-refractivity contribution in [2.75, 3.05) is 5.32 Å². The van der Waals surface area contributed by atoms with E-state index in [4.69, 9.17) is 10.4 Å². The van der Waals surface area contributed by atoms with Crippen LogP contribution in [0.15, 0.2) is 36.4 Å². The molecule has 0 radical (unpaired) electrons. The van der Waals surface area contributed by atoms with Crippen molar-refractivity contribution in [3.63, 3.8) is 0 Å². The topological polar surface area (TPSA) is 68.9 Å². The monoisotopic (exact) mass is 253 g/mol. The maximum atomic E-state index is 8.97. The van der Waals surface area contributed by atoms with Crippen LogP contribution in [-0.2, 0) is 13.2 Å². The molecule has 0 atom stereocenters. The van der Waals surface area contributed by atoms with E-state index in [-0.39, 0.29) is 6.61 Å². The Kier molecular flexibility index (Phi) is 4.11. The Morgan fingerprint density at radius 2 is 1.89 bits per heavy atom. The smallest absolute Gasteiger partial charge is 0.127 e. The highest BCUT2D eigenvalue weighted by atomic mass is 16.3. The molecule has 4 nitrogen and oxygen atoms in total. The first kappa shape index (κ1) is 13.1. The molecule has 2 N–H and O–H groups in total. The number of benzene rings is 1. The zero-order chi connectivity index (χ0) is 13.7. The van der Waals surface area contributed by atoms with Gasteiger partial charge in [0.2, 0.25) is 0 Å². The molecule has 0 aliphatic carbocycles. The number of aromatic nitrogens is 1.